The lowest BCUT2D eigenvalue weighted by Crippen LogP contribution is -2.49. The number of nitro benzene ring substituents is 1. The van der Waals surface area contributed by atoms with Gasteiger partial charge in [-0.05, 0) is 36.4 Å². The molecular weight excluding hydrogens is 541 g/mol. The van der Waals surface area contributed by atoms with Gasteiger partial charge in [-0.25, -0.2) is 4.39 Å². The van der Waals surface area contributed by atoms with Gasteiger partial charge < -0.3 is 24.8 Å². The second-order valence-electron chi connectivity index (χ2n) is 9.43. The Morgan fingerprint density at radius 1 is 0.875 bits per heavy atom. The number of piperazine rings is 1. The topological polar surface area (TPSA) is 108 Å². The van der Waals surface area contributed by atoms with Crippen LogP contribution < -0.4 is 15.1 Å². The highest BCUT2D eigenvalue weighted by Crippen LogP contribution is 2.33. The van der Waals surface area contributed by atoms with Gasteiger partial charge in [-0.3, -0.25) is 19.7 Å². The van der Waals surface area contributed by atoms with Crippen molar-refractivity contribution < 1.29 is 23.6 Å². The molecule has 0 spiro atoms. The third kappa shape index (κ3) is 5.85. The Morgan fingerprint density at radius 2 is 1.55 bits per heavy atom. The summed E-state index contributed by atoms with van der Waals surface area (Å²) in [6.45, 7) is 3.68. The lowest BCUT2D eigenvalue weighted by molar-refractivity contribution is -0.384. The molecule has 5 rings (SSSR count). The van der Waals surface area contributed by atoms with Crippen molar-refractivity contribution in [3.05, 3.63) is 92.7 Å². The molecule has 3 aromatic rings. The summed E-state index contributed by atoms with van der Waals surface area (Å²) in [6.07, 6.45) is 0. The molecule has 10 nitrogen and oxygen atoms in total. The molecule has 2 aliphatic heterocycles. The minimum absolute atomic E-state index is 0.0309. The molecule has 1 N–H and O–H groups in total. The number of nitrogens with one attached hydrogen (secondary N) is 1. The average molecular weight is 568 g/mol. The van der Waals surface area contributed by atoms with E-state index < -0.39 is 16.6 Å². The molecule has 0 atom stereocenters. The van der Waals surface area contributed by atoms with Crippen molar-refractivity contribution in [2.75, 3.05) is 67.6 Å². The van der Waals surface area contributed by atoms with E-state index in [1.807, 2.05) is 9.80 Å². The van der Waals surface area contributed by atoms with Crippen LogP contribution >= 0.6 is 11.6 Å². The molecule has 2 heterocycles. The maximum absolute atomic E-state index is 14.1. The molecule has 40 heavy (non-hydrogen) atoms. The zero-order valence-electron chi connectivity index (χ0n) is 21.5. The Morgan fingerprint density at radius 3 is 2.25 bits per heavy atom. The molecule has 0 unspecified atom stereocenters. The van der Waals surface area contributed by atoms with Gasteiger partial charge in [0.05, 0.1) is 46.3 Å². The first-order valence-electron chi connectivity index (χ1n) is 12.8. The van der Waals surface area contributed by atoms with Crippen LogP contribution in [0.15, 0.2) is 60.7 Å². The summed E-state index contributed by atoms with van der Waals surface area (Å²) in [5.74, 6) is -1.44. The summed E-state index contributed by atoms with van der Waals surface area (Å²) < 4.78 is 19.6. The highest BCUT2D eigenvalue weighted by Gasteiger charge is 2.27. The first-order valence-corrected chi connectivity index (χ1v) is 13.2. The number of halogens is 2. The number of nitro groups is 1. The molecule has 0 bridgehead atoms. The minimum atomic E-state index is -0.560. The number of morpholine rings is 1. The van der Waals surface area contributed by atoms with Gasteiger partial charge in [-0.15, -0.1) is 0 Å². The maximum atomic E-state index is 14.1. The number of hydrogen-bond donors (Lipinski definition) is 1. The molecule has 2 fully saturated rings. The molecule has 12 heteroatoms. The van der Waals surface area contributed by atoms with Crippen LogP contribution in [0, 0.1) is 15.9 Å². The van der Waals surface area contributed by atoms with Crippen LogP contribution in [0.4, 0.5) is 27.1 Å². The van der Waals surface area contributed by atoms with Crippen molar-refractivity contribution in [2.45, 2.75) is 0 Å². The molecule has 0 saturated carbocycles. The summed E-state index contributed by atoms with van der Waals surface area (Å²) in [4.78, 5) is 42.9. The predicted octanol–water partition coefficient (Wildman–Crippen LogP) is 4.44. The normalized spacial score (nSPS) is 15.6. The van der Waals surface area contributed by atoms with Crippen molar-refractivity contribution in [1.82, 2.24) is 4.90 Å². The Hall–Kier alpha value is -4.22. The Balaban J connectivity index is 1.36. The minimum Gasteiger partial charge on any atom is -0.378 e. The number of non-ortho nitro benzene ring substituents is 1. The van der Waals surface area contributed by atoms with Gasteiger partial charge in [-0.2, -0.15) is 0 Å². The van der Waals surface area contributed by atoms with Gasteiger partial charge in [0.1, 0.15) is 5.82 Å². The molecule has 2 amide bonds. The lowest BCUT2D eigenvalue weighted by Gasteiger charge is -2.37. The van der Waals surface area contributed by atoms with Crippen LogP contribution in [-0.2, 0) is 4.74 Å². The van der Waals surface area contributed by atoms with E-state index >= 15 is 0 Å². The summed E-state index contributed by atoms with van der Waals surface area (Å²) in [6, 6.07) is 15.2. The summed E-state index contributed by atoms with van der Waals surface area (Å²) in [5, 5.41) is 14.8. The fourth-order valence-electron chi connectivity index (χ4n) is 4.93. The highest BCUT2D eigenvalue weighted by molar-refractivity contribution is 6.31. The largest absolute Gasteiger partial charge is 0.378 e. The molecule has 0 aromatic heterocycles. The highest BCUT2D eigenvalue weighted by atomic mass is 35.5. The summed E-state index contributed by atoms with van der Waals surface area (Å²) in [7, 11) is 0. The summed E-state index contributed by atoms with van der Waals surface area (Å²) >= 11 is 6.28. The maximum Gasteiger partial charge on any atom is 0.270 e. The third-order valence-electron chi connectivity index (χ3n) is 7.01. The first-order chi connectivity index (χ1) is 19.3. The first kappa shape index (κ1) is 27.4. The van der Waals surface area contributed by atoms with Gasteiger partial charge in [0, 0.05) is 56.4 Å². The van der Waals surface area contributed by atoms with E-state index in [1.54, 1.807) is 35.2 Å². The van der Waals surface area contributed by atoms with Crippen LogP contribution in [0.5, 0.6) is 0 Å². The monoisotopic (exact) mass is 567 g/mol. The Kier molecular flexibility index (Phi) is 8.13. The number of rotatable bonds is 6. The van der Waals surface area contributed by atoms with Crippen LogP contribution in [0.3, 0.4) is 0 Å². The quantitative estimate of drug-likeness (QED) is 0.346. The molecule has 0 radical (unpaired) electrons. The number of carbonyl (C=O) groups is 2. The molecule has 3 aromatic carbocycles. The van der Waals surface area contributed by atoms with Gasteiger partial charge in [0.2, 0.25) is 0 Å². The fourth-order valence-corrected chi connectivity index (χ4v) is 5.10. The van der Waals surface area contributed by atoms with Crippen LogP contribution in [-0.4, -0.2) is 74.1 Å². The number of anilines is 3. The zero-order chi connectivity index (χ0) is 28.2. The van der Waals surface area contributed by atoms with Gasteiger partial charge in [0.15, 0.2) is 0 Å². The van der Waals surface area contributed by atoms with Gasteiger partial charge in [0.25, 0.3) is 17.5 Å². The molecular formula is C28H27ClFN5O5. The third-order valence-corrected chi connectivity index (χ3v) is 7.24. The SMILES string of the molecule is O=C(Nc1cc(Cl)ccc1N1CCN(C(=O)c2ccccc2F)CC1)c1cc([N+](=O)[O-])ccc1N1CCOCC1. The number of carbonyl (C=O) groups excluding carboxylic acids is 2. The van der Waals surface area contributed by atoms with E-state index in [1.165, 1.54) is 30.3 Å². The van der Waals surface area contributed by atoms with Crippen LogP contribution in [0.1, 0.15) is 20.7 Å². The number of nitrogens with zero attached hydrogens (tertiary/aromatic N) is 4. The van der Waals surface area contributed by atoms with Gasteiger partial charge >= 0.3 is 0 Å². The Labute approximate surface area is 235 Å². The van der Waals surface area contributed by atoms with Crippen LogP contribution in [0.2, 0.25) is 5.02 Å². The predicted molar refractivity (Wildman–Crippen MR) is 150 cm³/mol. The van der Waals surface area contributed by atoms with Crippen molar-refractivity contribution in [2.24, 2.45) is 0 Å². The van der Waals surface area contributed by atoms with Crippen molar-refractivity contribution in [3.8, 4) is 0 Å². The molecule has 0 aliphatic carbocycles. The number of amides is 2. The second kappa shape index (κ2) is 11.9. The Bertz CT molecular complexity index is 1440. The molecule has 208 valence electrons. The van der Waals surface area contributed by atoms with E-state index in [9.17, 15) is 24.1 Å². The van der Waals surface area contributed by atoms with Gasteiger partial charge in [-0.1, -0.05) is 23.7 Å². The number of benzene rings is 3. The van der Waals surface area contributed by atoms with Crippen molar-refractivity contribution in [1.29, 1.82) is 0 Å². The zero-order valence-corrected chi connectivity index (χ0v) is 22.3. The van der Waals surface area contributed by atoms with Crippen molar-refractivity contribution in [3.63, 3.8) is 0 Å². The van der Waals surface area contributed by atoms with E-state index in [0.29, 0.717) is 74.6 Å². The summed E-state index contributed by atoms with van der Waals surface area (Å²) in [5.41, 5.74) is 1.71. The average Bonchev–Trinajstić information content (AvgIpc) is 2.97. The van der Waals surface area contributed by atoms with Crippen LogP contribution in [0.25, 0.3) is 0 Å². The standard InChI is InChI=1S/C28H27ClFN5O5/c29-19-5-7-26(32-9-11-34(12-10-32)28(37)21-3-1-2-4-23(21)30)24(17-19)31-27(36)22-18-20(35(38)39)6-8-25(22)33-13-15-40-16-14-33/h1-8,17-18H,9-16H2,(H,31,36). The number of ether oxygens (including phenoxy) is 1. The smallest absolute Gasteiger partial charge is 0.270 e. The van der Waals surface area contributed by atoms with Crippen molar-refractivity contribution >= 4 is 46.2 Å². The molecule has 2 saturated heterocycles. The molecule has 2 aliphatic rings. The van der Waals surface area contributed by atoms with E-state index in [4.69, 9.17) is 16.3 Å². The number of hydrogen-bond acceptors (Lipinski definition) is 7. The fraction of sp³-hybridized carbons (Fsp3) is 0.286. The van der Waals surface area contributed by atoms with E-state index in [-0.39, 0.29) is 22.7 Å². The van der Waals surface area contributed by atoms with E-state index in [2.05, 4.69) is 5.32 Å². The second-order valence-corrected chi connectivity index (χ2v) is 9.87. The van der Waals surface area contributed by atoms with E-state index in [0.717, 1.165) is 0 Å². The lowest BCUT2D eigenvalue weighted by atomic mass is 10.1.